The maximum atomic E-state index is 14.7. The van der Waals surface area contributed by atoms with Gasteiger partial charge in [0.15, 0.2) is 17.1 Å². The van der Waals surface area contributed by atoms with Crippen molar-refractivity contribution >= 4 is 17.5 Å². The van der Waals surface area contributed by atoms with Gasteiger partial charge in [-0.25, -0.2) is 22.5 Å². The Labute approximate surface area is 174 Å². The lowest BCUT2D eigenvalue weighted by Crippen LogP contribution is -2.45. The molecule has 1 aliphatic rings. The number of alkyl halides is 2. The number of primary amides is 1. The number of amidine groups is 1. The number of Topliss-reactive ketones (excluding diaryl/α,β-unsaturated/α-hetero) is 1. The maximum absolute atomic E-state index is 14.7. The van der Waals surface area contributed by atoms with Gasteiger partial charge in [-0.1, -0.05) is 6.07 Å². The fourth-order valence-corrected chi connectivity index (χ4v) is 3.19. The molecule has 7 nitrogen and oxygen atoms in total. The van der Waals surface area contributed by atoms with E-state index in [4.69, 9.17) is 16.2 Å². The lowest BCUT2D eigenvalue weighted by Gasteiger charge is -2.33. The Bertz CT molecular complexity index is 1090. The third-order valence-corrected chi connectivity index (χ3v) is 4.92. The van der Waals surface area contributed by atoms with Gasteiger partial charge in [0, 0.05) is 18.2 Å². The van der Waals surface area contributed by atoms with Crippen LogP contribution in [-0.2, 0) is 16.7 Å². The van der Waals surface area contributed by atoms with E-state index in [1.165, 1.54) is 6.07 Å². The molecule has 31 heavy (non-hydrogen) atoms. The lowest BCUT2D eigenvalue weighted by molar-refractivity contribution is -0.116. The molecular weight excluding hydrogens is 420 g/mol. The second-order valence-electron chi connectivity index (χ2n) is 7.21. The Morgan fingerprint density at radius 1 is 1.19 bits per heavy atom. The van der Waals surface area contributed by atoms with Crippen molar-refractivity contribution in [3.8, 4) is 0 Å². The molecule has 1 aromatic heterocycles. The predicted molar refractivity (Wildman–Crippen MR) is 102 cm³/mol. The second kappa shape index (κ2) is 8.06. The van der Waals surface area contributed by atoms with Crippen molar-refractivity contribution in [2.24, 2.45) is 16.5 Å². The topological polar surface area (TPSA) is 121 Å². The molecule has 0 spiro atoms. The van der Waals surface area contributed by atoms with E-state index in [9.17, 15) is 27.2 Å². The molecule has 0 saturated heterocycles. The SMILES string of the molecule is C[C@]1(c2cc(CC(=O)c3ncc(C(N)=O)cc3F)ccc2F)N=C(N)COCC1(F)F. The van der Waals surface area contributed by atoms with E-state index < -0.39 is 59.1 Å². The number of ketones is 1. The molecule has 164 valence electrons. The zero-order valence-corrected chi connectivity index (χ0v) is 16.3. The van der Waals surface area contributed by atoms with Gasteiger partial charge in [-0.15, -0.1) is 0 Å². The molecule has 11 heteroatoms. The van der Waals surface area contributed by atoms with Gasteiger partial charge in [-0.2, -0.15) is 0 Å². The van der Waals surface area contributed by atoms with Crippen LogP contribution in [0.2, 0.25) is 0 Å². The molecule has 3 rings (SSSR count). The van der Waals surface area contributed by atoms with Crippen LogP contribution in [0.5, 0.6) is 0 Å². The number of halogens is 4. The van der Waals surface area contributed by atoms with E-state index in [0.717, 1.165) is 31.3 Å². The number of aromatic nitrogens is 1. The highest BCUT2D eigenvalue weighted by Crippen LogP contribution is 2.43. The predicted octanol–water partition coefficient (Wildman–Crippen LogP) is 2.12. The molecule has 1 amide bonds. The van der Waals surface area contributed by atoms with Gasteiger partial charge >= 0.3 is 0 Å². The number of pyridine rings is 1. The molecule has 0 unspecified atom stereocenters. The summed E-state index contributed by atoms with van der Waals surface area (Å²) in [4.78, 5) is 31.0. The minimum atomic E-state index is -3.60. The second-order valence-corrected chi connectivity index (χ2v) is 7.21. The normalized spacial score (nSPS) is 20.6. The summed E-state index contributed by atoms with van der Waals surface area (Å²) in [7, 11) is 0. The summed E-state index contributed by atoms with van der Waals surface area (Å²) in [5, 5.41) is 0. The van der Waals surface area contributed by atoms with Crippen molar-refractivity contribution in [1.82, 2.24) is 4.98 Å². The van der Waals surface area contributed by atoms with Crippen molar-refractivity contribution in [1.29, 1.82) is 0 Å². The zero-order valence-electron chi connectivity index (χ0n) is 16.3. The minimum absolute atomic E-state index is 0.123. The third-order valence-electron chi connectivity index (χ3n) is 4.92. The molecule has 0 aliphatic carbocycles. The van der Waals surface area contributed by atoms with E-state index in [2.05, 4.69) is 9.98 Å². The fourth-order valence-electron chi connectivity index (χ4n) is 3.19. The smallest absolute Gasteiger partial charge is 0.299 e. The van der Waals surface area contributed by atoms with Crippen molar-refractivity contribution < 1.29 is 31.9 Å². The number of nitrogens with two attached hydrogens (primary N) is 2. The molecule has 1 atom stereocenters. The van der Waals surface area contributed by atoms with Gasteiger partial charge in [0.2, 0.25) is 5.91 Å². The van der Waals surface area contributed by atoms with Crippen LogP contribution in [0.15, 0.2) is 35.5 Å². The summed E-state index contributed by atoms with van der Waals surface area (Å²) in [6.45, 7) is -0.350. The van der Waals surface area contributed by atoms with Gasteiger partial charge < -0.3 is 16.2 Å². The first-order chi connectivity index (χ1) is 14.4. The van der Waals surface area contributed by atoms with Crippen LogP contribution in [0, 0.1) is 11.6 Å². The largest absolute Gasteiger partial charge is 0.385 e. The van der Waals surface area contributed by atoms with E-state index >= 15 is 0 Å². The van der Waals surface area contributed by atoms with Crippen molar-refractivity contribution in [2.45, 2.75) is 24.8 Å². The van der Waals surface area contributed by atoms with E-state index in [-0.39, 0.29) is 23.6 Å². The van der Waals surface area contributed by atoms with Crippen LogP contribution < -0.4 is 11.5 Å². The summed E-state index contributed by atoms with van der Waals surface area (Å²) in [5.41, 5.74) is 7.08. The summed E-state index contributed by atoms with van der Waals surface area (Å²) >= 11 is 0. The highest BCUT2D eigenvalue weighted by molar-refractivity contribution is 5.97. The van der Waals surface area contributed by atoms with E-state index in [1.54, 1.807) is 0 Å². The molecule has 2 aromatic rings. The van der Waals surface area contributed by atoms with Gasteiger partial charge in [-0.3, -0.25) is 14.6 Å². The number of carbonyl (C=O) groups excluding carboxylic acids is 2. The average molecular weight is 438 g/mol. The minimum Gasteiger partial charge on any atom is -0.385 e. The first-order valence-electron chi connectivity index (χ1n) is 9.02. The zero-order chi connectivity index (χ0) is 23.0. The average Bonchev–Trinajstić information content (AvgIpc) is 2.78. The van der Waals surface area contributed by atoms with Gasteiger partial charge in [-0.05, 0) is 30.7 Å². The Morgan fingerprint density at radius 3 is 2.55 bits per heavy atom. The van der Waals surface area contributed by atoms with E-state index in [1.807, 2.05) is 0 Å². The number of hydrogen-bond donors (Lipinski definition) is 2. The van der Waals surface area contributed by atoms with Crippen LogP contribution >= 0.6 is 0 Å². The highest BCUT2D eigenvalue weighted by atomic mass is 19.3. The molecule has 1 aromatic carbocycles. The van der Waals surface area contributed by atoms with Crippen LogP contribution in [0.3, 0.4) is 0 Å². The van der Waals surface area contributed by atoms with Gasteiger partial charge in [0.1, 0.15) is 30.6 Å². The number of benzene rings is 1. The number of aliphatic imine (C=N–C) groups is 1. The fraction of sp³-hybridized carbons (Fsp3) is 0.300. The van der Waals surface area contributed by atoms with Gasteiger partial charge in [0.25, 0.3) is 5.92 Å². The molecule has 0 fully saturated rings. The Kier molecular flexibility index (Phi) is 5.81. The van der Waals surface area contributed by atoms with Gasteiger partial charge in [0.05, 0.1) is 5.56 Å². The molecule has 2 heterocycles. The Morgan fingerprint density at radius 2 is 1.90 bits per heavy atom. The van der Waals surface area contributed by atoms with Crippen LogP contribution in [0.4, 0.5) is 17.6 Å². The summed E-state index contributed by atoms with van der Waals surface area (Å²) in [5.74, 6) is -7.62. The van der Waals surface area contributed by atoms with Crippen LogP contribution in [0.25, 0.3) is 0 Å². The van der Waals surface area contributed by atoms with Crippen LogP contribution in [-0.4, -0.2) is 41.6 Å². The van der Waals surface area contributed by atoms with E-state index in [0.29, 0.717) is 0 Å². The standard InChI is InChI=1S/C20H18F4N4O3/c1-19(20(23,24)9-31-8-16(25)28-19)12-4-10(2-3-13(12)21)5-15(29)17-14(22)6-11(7-27-17)18(26)30/h2-4,6-7H,5,8-9H2,1H3,(H2,25,28)(H2,26,30)/t19-/m1/s1. The number of hydrogen-bond acceptors (Lipinski definition) is 6. The molecule has 0 saturated carbocycles. The molecule has 0 bridgehead atoms. The molecule has 4 N–H and O–H groups in total. The molecule has 1 aliphatic heterocycles. The Hall–Kier alpha value is -3.34. The monoisotopic (exact) mass is 438 g/mol. The maximum Gasteiger partial charge on any atom is 0.299 e. The summed E-state index contributed by atoms with van der Waals surface area (Å²) < 4.78 is 63.0. The van der Waals surface area contributed by atoms with Crippen LogP contribution in [0.1, 0.15) is 38.9 Å². The Balaban J connectivity index is 1.97. The van der Waals surface area contributed by atoms with Crippen molar-refractivity contribution in [2.75, 3.05) is 13.2 Å². The number of ether oxygens (including phenoxy) is 1. The van der Waals surface area contributed by atoms with Crippen molar-refractivity contribution in [3.05, 3.63) is 64.5 Å². The first-order valence-corrected chi connectivity index (χ1v) is 9.02. The number of nitrogens with zero attached hydrogens (tertiary/aromatic N) is 2. The number of rotatable bonds is 5. The summed E-state index contributed by atoms with van der Waals surface area (Å²) in [6.07, 6.45) is 0.476. The highest BCUT2D eigenvalue weighted by Gasteiger charge is 2.54. The quantitative estimate of drug-likeness (QED) is 0.547. The van der Waals surface area contributed by atoms with Crippen molar-refractivity contribution in [3.63, 3.8) is 0 Å². The summed E-state index contributed by atoms with van der Waals surface area (Å²) in [6, 6.07) is 3.94. The number of carbonyl (C=O) groups is 2. The number of amides is 1. The molecular formula is C20H18F4N4O3. The lowest BCUT2D eigenvalue weighted by atomic mass is 9.84. The molecule has 0 radical (unpaired) electrons. The third kappa shape index (κ3) is 4.26. The first kappa shape index (κ1) is 22.3.